The lowest BCUT2D eigenvalue weighted by molar-refractivity contribution is -0.127. The first-order valence-electron chi connectivity index (χ1n) is 12.8. The monoisotopic (exact) mass is 535 g/mol. The molecule has 5 rings (SSSR count). The fraction of sp³-hybridized carbons (Fsp3) is 0.345. The summed E-state index contributed by atoms with van der Waals surface area (Å²) in [6.45, 7) is 8.27. The van der Waals surface area contributed by atoms with Gasteiger partial charge in [0, 0.05) is 26.2 Å². The highest BCUT2D eigenvalue weighted by molar-refractivity contribution is 7.92. The fourth-order valence-electron chi connectivity index (χ4n) is 4.65. The summed E-state index contributed by atoms with van der Waals surface area (Å²) in [5.41, 5.74) is 4.47. The van der Waals surface area contributed by atoms with E-state index < -0.39 is 16.1 Å². The Balaban J connectivity index is 1.28. The maximum absolute atomic E-state index is 13.6. The Kier molecular flexibility index (Phi) is 7.69. The summed E-state index contributed by atoms with van der Waals surface area (Å²) in [5.74, 6) is 0.0122. The molecule has 200 valence electrons. The number of nitrogens with one attached hydrogen (secondary N) is 1. The van der Waals surface area contributed by atoms with Gasteiger partial charge in [0.1, 0.15) is 5.75 Å². The number of hydrogen-bond acceptors (Lipinski definition) is 6. The summed E-state index contributed by atoms with van der Waals surface area (Å²) >= 11 is 0. The Labute approximate surface area is 224 Å². The van der Waals surface area contributed by atoms with Gasteiger partial charge in [-0.05, 0) is 54.8 Å². The highest BCUT2D eigenvalue weighted by Crippen LogP contribution is 2.37. The number of aryl methyl sites for hydroxylation is 2. The highest BCUT2D eigenvalue weighted by Gasteiger charge is 2.37. The van der Waals surface area contributed by atoms with Crippen molar-refractivity contribution in [2.45, 2.75) is 37.9 Å². The Hall–Kier alpha value is -3.40. The lowest BCUT2D eigenvalue weighted by Gasteiger charge is -2.35. The predicted octanol–water partition coefficient (Wildman–Crippen LogP) is 3.41. The molecule has 1 fully saturated rings. The molecule has 0 spiro atoms. The minimum Gasteiger partial charge on any atom is -0.476 e. The van der Waals surface area contributed by atoms with E-state index in [0.29, 0.717) is 18.0 Å². The van der Waals surface area contributed by atoms with Crippen LogP contribution in [0.5, 0.6) is 5.75 Å². The number of hydrogen-bond donors (Lipinski definition) is 1. The van der Waals surface area contributed by atoms with Gasteiger partial charge in [0.25, 0.3) is 15.9 Å². The summed E-state index contributed by atoms with van der Waals surface area (Å²) < 4.78 is 39.9. The zero-order valence-electron chi connectivity index (χ0n) is 21.7. The van der Waals surface area contributed by atoms with Crippen LogP contribution in [0.3, 0.4) is 0 Å². The van der Waals surface area contributed by atoms with E-state index in [0.717, 1.165) is 49.5 Å². The number of sulfonamides is 1. The van der Waals surface area contributed by atoms with Crippen LogP contribution in [0, 0.1) is 13.8 Å². The van der Waals surface area contributed by atoms with Crippen LogP contribution < -0.4 is 14.4 Å². The molecule has 0 aliphatic carbocycles. The zero-order chi connectivity index (χ0) is 26.7. The van der Waals surface area contributed by atoms with Crippen LogP contribution in [0.25, 0.3) is 0 Å². The fourth-order valence-corrected chi connectivity index (χ4v) is 6.12. The van der Waals surface area contributed by atoms with Gasteiger partial charge < -0.3 is 14.8 Å². The molecule has 3 aromatic rings. The van der Waals surface area contributed by atoms with E-state index in [1.54, 1.807) is 36.4 Å². The van der Waals surface area contributed by atoms with Gasteiger partial charge >= 0.3 is 0 Å². The van der Waals surface area contributed by atoms with Crippen LogP contribution >= 0.6 is 0 Å². The molecule has 2 aliphatic heterocycles. The van der Waals surface area contributed by atoms with Gasteiger partial charge in [-0.2, -0.15) is 0 Å². The van der Waals surface area contributed by atoms with Crippen LogP contribution in [0.4, 0.5) is 5.69 Å². The number of carbonyl (C=O) groups is 1. The molecule has 0 unspecified atom stereocenters. The van der Waals surface area contributed by atoms with E-state index >= 15 is 0 Å². The van der Waals surface area contributed by atoms with E-state index in [2.05, 4.69) is 22.3 Å². The molecule has 1 N–H and O–H groups in total. The van der Waals surface area contributed by atoms with Crippen molar-refractivity contribution in [3.63, 3.8) is 0 Å². The molecule has 38 heavy (non-hydrogen) atoms. The Morgan fingerprint density at radius 2 is 1.58 bits per heavy atom. The van der Waals surface area contributed by atoms with Crippen LogP contribution in [0.15, 0.2) is 71.6 Å². The molecule has 2 aliphatic rings. The van der Waals surface area contributed by atoms with E-state index in [9.17, 15) is 13.2 Å². The third-order valence-electron chi connectivity index (χ3n) is 6.89. The standard InChI is InChI=1S/C29H33N3O5S/c1-21-3-10-25(11-4-21)38(34,35)32-20-28(37-27-17-22(2)5-12-26(27)32)29(33)30-18-23-6-8-24(9-7-23)19-31-13-15-36-16-14-31/h3-12,17,28H,13-16,18-20H2,1-2H3,(H,30,33)/t28-/m1/s1. The van der Waals surface area contributed by atoms with E-state index in [1.807, 2.05) is 32.0 Å². The maximum atomic E-state index is 13.6. The Morgan fingerprint density at radius 1 is 0.921 bits per heavy atom. The highest BCUT2D eigenvalue weighted by atomic mass is 32.2. The molecule has 8 nitrogen and oxygen atoms in total. The van der Waals surface area contributed by atoms with Gasteiger partial charge in [-0.1, -0.05) is 48.0 Å². The quantitative estimate of drug-likeness (QED) is 0.499. The van der Waals surface area contributed by atoms with Crippen molar-refractivity contribution >= 4 is 21.6 Å². The number of amides is 1. The first-order chi connectivity index (χ1) is 18.3. The van der Waals surface area contributed by atoms with Gasteiger partial charge in [-0.15, -0.1) is 0 Å². The number of benzene rings is 3. The van der Waals surface area contributed by atoms with Crippen LogP contribution in [-0.4, -0.2) is 58.2 Å². The SMILES string of the molecule is Cc1ccc(S(=O)(=O)N2C[C@H](C(=O)NCc3ccc(CN4CCOCC4)cc3)Oc3cc(C)ccc32)cc1. The molecule has 0 aromatic heterocycles. The third-order valence-corrected chi connectivity index (χ3v) is 8.68. The minimum absolute atomic E-state index is 0.114. The third kappa shape index (κ3) is 5.85. The number of morpholine rings is 1. The number of fused-ring (bicyclic) bond motifs is 1. The second-order valence-corrected chi connectivity index (χ2v) is 11.7. The molecule has 1 atom stereocenters. The second-order valence-electron chi connectivity index (χ2n) is 9.85. The number of ether oxygens (including phenoxy) is 2. The smallest absolute Gasteiger partial charge is 0.264 e. The van der Waals surface area contributed by atoms with Crippen molar-refractivity contribution < 1.29 is 22.7 Å². The second kappa shape index (κ2) is 11.1. The molecule has 9 heteroatoms. The molecule has 2 heterocycles. The average molecular weight is 536 g/mol. The van der Waals surface area contributed by atoms with Gasteiger partial charge in [0.2, 0.25) is 0 Å². The molecule has 0 bridgehead atoms. The van der Waals surface area contributed by atoms with Gasteiger partial charge in [0.15, 0.2) is 6.10 Å². The van der Waals surface area contributed by atoms with Crippen LogP contribution in [0.1, 0.15) is 22.3 Å². The Morgan fingerprint density at radius 3 is 2.29 bits per heavy atom. The molecule has 3 aromatic carbocycles. The topological polar surface area (TPSA) is 88.2 Å². The van der Waals surface area contributed by atoms with Gasteiger partial charge in [0.05, 0.1) is 30.3 Å². The number of rotatable bonds is 7. The average Bonchev–Trinajstić information content (AvgIpc) is 2.92. The van der Waals surface area contributed by atoms with Crippen molar-refractivity contribution in [1.82, 2.24) is 10.2 Å². The molecule has 0 saturated carbocycles. The molecule has 0 radical (unpaired) electrons. The van der Waals surface area contributed by atoms with Crippen molar-refractivity contribution in [1.29, 1.82) is 0 Å². The van der Waals surface area contributed by atoms with Crippen molar-refractivity contribution in [2.75, 3.05) is 37.2 Å². The molecule has 1 amide bonds. The van der Waals surface area contributed by atoms with E-state index in [1.165, 1.54) is 9.87 Å². The van der Waals surface area contributed by atoms with Crippen LogP contribution in [0.2, 0.25) is 0 Å². The summed E-state index contributed by atoms with van der Waals surface area (Å²) in [6, 6.07) is 20.2. The molecule has 1 saturated heterocycles. The number of carbonyl (C=O) groups excluding carboxylic acids is 1. The minimum atomic E-state index is -3.89. The summed E-state index contributed by atoms with van der Waals surface area (Å²) in [7, 11) is -3.89. The summed E-state index contributed by atoms with van der Waals surface area (Å²) in [6.07, 6.45) is -0.981. The van der Waals surface area contributed by atoms with Crippen molar-refractivity contribution in [3.8, 4) is 5.75 Å². The molecular formula is C29H33N3O5S. The zero-order valence-corrected chi connectivity index (χ0v) is 22.5. The number of anilines is 1. The van der Waals surface area contributed by atoms with Gasteiger partial charge in [-0.3, -0.25) is 14.0 Å². The van der Waals surface area contributed by atoms with Crippen molar-refractivity contribution in [3.05, 3.63) is 89.0 Å². The van der Waals surface area contributed by atoms with Gasteiger partial charge in [-0.25, -0.2) is 8.42 Å². The largest absolute Gasteiger partial charge is 0.476 e. The normalized spacial score (nSPS) is 17.9. The first kappa shape index (κ1) is 26.2. The lowest BCUT2D eigenvalue weighted by Crippen LogP contribution is -2.50. The predicted molar refractivity (Wildman–Crippen MR) is 146 cm³/mol. The van der Waals surface area contributed by atoms with Crippen LogP contribution in [-0.2, 0) is 32.6 Å². The number of nitrogens with zero attached hydrogens (tertiary/aromatic N) is 2. The van der Waals surface area contributed by atoms with E-state index in [-0.39, 0.29) is 17.3 Å². The summed E-state index contributed by atoms with van der Waals surface area (Å²) in [5, 5.41) is 2.92. The maximum Gasteiger partial charge on any atom is 0.264 e. The van der Waals surface area contributed by atoms with E-state index in [4.69, 9.17) is 9.47 Å². The Bertz CT molecular complexity index is 1380. The summed E-state index contributed by atoms with van der Waals surface area (Å²) in [4.78, 5) is 15.7. The first-order valence-corrected chi connectivity index (χ1v) is 14.3. The molecular weight excluding hydrogens is 502 g/mol. The van der Waals surface area contributed by atoms with Crippen molar-refractivity contribution in [2.24, 2.45) is 0 Å². The lowest BCUT2D eigenvalue weighted by atomic mass is 10.1.